The van der Waals surface area contributed by atoms with Crippen LogP contribution in [0.25, 0.3) is 0 Å². The van der Waals surface area contributed by atoms with Crippen molar-refractivity contribution in [2.45, 2.75) is 11.6 Å². The van der Waals surface area contributed by atoms with Crippen molar-refractivity contribution in [3.8, 4) is 0 Å². The van der Waals surface area contributed by atoms with Crippen LogP contribution in [0.4, 0.5) is 13.2 Å². The molecule has 2 aromatic heterocycles. The molecule has 1 N–H and O–H groups in total. The fourth-order valence-corrected chi connectivity index (χ4v) is 3.49. The van der Waals surface area contributed by atoms with Gasteiger partial charge >= 0.3 is 6.18 Å². The summed E-state index contributed by atoms with van der Waals surface area (Å²) in [5, 5.41) is 3.21. The smallest absolute Gasteiger partial charge is 0.307 e. The number of hydrogen-bond acceptors (Lipinski definition) is 3. The van der Waals surface area contributed by atoms with Gasteiger partial charge < -0.3 is 5.32 Å². The van der Waals surface area contributed by atoms with E-state index in [1.165, 1.54) is 0 Å². The number of nitrogens with one attached hydrogen (secondary N) is 1. The maximum Gasteiger partial charge on any atom is 0.401 e. The van der Waals surface area contributed by atoms with Crippen molar-refractivity contribution in [3.63, 3.8) is 0 Å². The highest BCUT2D eigenvalue weighted by molar-refractivity contribution is 6.42. The molecule has 0 aliphatic heterocycles. The van der Waals surface area contributed by atoms with E-state index < -0.39 is 18.1 Å². The minimum atomic E-state index is -4.34. The van der Waals surface area contributed by atoms with Crippen LogP contribution in [0.1, 0.15) is 16.7 Å². The number of nitrogens with zero attached hydrogens (tertiary/aromatic N) is 2. The minimum absolute atomic E-state index is 0.0398. The number of alkyl halides is 3. The molecule has 0 aliphatic rings. The van der Waals surface area contributed by atoms with Gasteiger partial charge in [0.2, 0.25) is 0 Å². The van der Waals surface area contributed by atoms with E-state index in [-0.39, 0.29) is 6.54 Å². The van der Waals surface area contributed by atoms with E-state index in [1.807, 2.05) is 12.1 Å². The summed E-state index contributed by atoms with van der Waals surface area (Å²) in [6.07, 6.45) is 2.13. The Morgan fingerprint density at radius 3 is 1.86 bits per heavy atom. The molecule has 3 rings (SSSR count). The molecule has 0 amide bonds. The average Bonchev–Trinajstić information content (AvgIpc) is 2.68. The Labute approximate surface area is 170 Å². The van der Waals surface area contributed by atoms with Gasteiger partial charge in [-0.2, -0.15) is 13.2 Å². The molecule has 0 aliphatic carbocycles. The Kier molecular flexibility index (Phi) is 6.23. The van der Waals surface area contributed by atoms with Gasteiger partial charge in [0, 0.05) is 31.3 Å². The van der Waals surface area contributed by atoms with E-state index in [0.717, 1.165) is 0 Å². The lowest BCUT2D eigenvalue weighted by atomic mass is 9.70. The van der Waals surface area contributed by atoms with Crippen LogP contribution >= 0.6 is 23.2 Å². The van der Waals surface area contributed by atoms with Crippen molar-refractivity contribution >= 4 is 23.2 Å². The van der Waals surface area contributed by atoms with Crippen LogP contribution in [0.5, 0.6) is 0 Å². The summed E-state index contributed by atoms with van der Waals surface area (Å²) < 4.78 is 38.5. The standard InChI is InChI=1S/C20H16Cl2F3N3/c21-17-6-5-14(9-18(17)22)19(12-28-13-20(23,24)25,15-3-1-7-26-10-15)16-4-2-8-27-11-16/h1-11,28H,12-13H2. The highest BCUT2D eigenvalue weighted by Gasteiger charge is 2.38. The van der Waals surface area contributed by atoms with Crippen molar-refractivity contribution in [2.75, 3.05) is 13.1 Å². The zero-order valence-corrected chi connectivity index (χ0v) is 16.1. The van der Waals surface area contributed by atoms with Gasteiger partial charge in [0.05, 0.1) is 22.0 Å². The van der Waals surface area contributed by atoms with E-state index in [2.05, 4.69) is 15.3 Å². The SMILES string of the molecule is FC(F)(F)CNCC(c1cccnc1)(c1cccnc1)c1ccc(Cl)c(Cl)c1. The average molecular weight is 426 g/mol. The van der Waals surface area contributed by atoms with Crippen molar-refractivity contribution in [1.29, 1.82) is 0 Å². The molecule has 2 heterocycles. The Morgan fingerprint density at radius 1 is 0.786 bits per heavy atom. The van der Waals surface area contributed by atoms with Crippen LogP contribution in [0, 0.1) is 0 Å². The van der Waals surface area contributed by atoms with Crippen LogP contribution in [-0.2, 0) is 5.41 Å². The molecule has 28 heavy (non-hydrogen) atoms. The van der Waals surface area contributed by atoms with Crippen LogP contribution < -0.4 is 5.32 Å². The zero-order chi connectivity index (χ0) is 20.2. The third kappa shape index (κ3) is 4.46. The fourth-order valence-electron chi connectivity index (χ4n) is 3.19. The number of benzene rings is 1. The Morgan fingerprint density at radius 2 is 1.39 bits per heavy atom. The summed E-state index contributed by atoms with van der Waals surface area (Å²) in [7, 11) is 0. The summed E-state index contributed by atoms with van der Waals surface area (Å²) >= 11 is 12.3. The monoisotopic (exact) mass is 425 g/mol. The number of pyridine rings is 2. The molecule has 0 radical (unpaired) electrons. The molecular formula is C20H16Cl2F3N3. The van der Waals surface area contributed by atoms with Gasteiger partial charge in [-0.15, -0.1) is 0 Å². The number of halogens is 5. The summed E-state index contributed by atoms with van der Waals surface area (Å²) in [5.74, 6) is 0. The van der Waals surface area contributed by atoms with Crippen molar-refractivity contribution in [2.24, 2.45) is 0 Å². The third-order valence-corrected chi connectivity index (χ3v) is 5.18. The summed E-state index contributed by atoms with van der Waals surface area (Å²) in [4.78, 5) is 8.34. The molecule has 3 aromatic rings. The highest BCUT2D eigenvalue weighted by Crippen LogP contribution is 2.40. The molecule has 146 valence electrons. The summed E-state index contributed by atoms with van der Waals surface area (Å²) in [6, 6.07) is 12.2. The van der Waals surface area contributed by atoms with Gasteiger partial charge in [0.15, 0.2) is 0 Å². The lowest BCUT2D eigenvalue weighted by Gasteiger charge is -2.36. The second-order valence-electron chi connectivity index (χ2n) is 6.24. The topological polar surface area (TPSA) is 37.8 Å². The lowest BCUT2D eigenvalue weighted by molar-refractivity contribution is -0.125. The largest absolute Gasteiger partial charge is 0.401 e. The molecular weight excluding hydrogens is 410 g/mol. The zero-order valence-electron chi connectivity index (χ0n) is 14.5. The van der Waals surface area contributed by atoms with Gasteiger partial charge in [0.1, 0.15) is 0 Å². The molecule has 0 saturated heterocycles. The van der Waals surface area contributed by atoms with Crippen LogP contribution in [0.15, 0.2) is 67.3 Å². The molecule has 0 unspecified atom stereocenters. The van der Waals surface area contributed by atoms with Gasteiger partial charge in [-0.25, -0.2) is 0 Å². The van der Waals surface area contributed by atoms with Gasteiger partial charge in [-0.3, -0.25) is 9.97 Å². The Balaban J connectivity index is 2.20. The molecule has 0 bridgehead atoms. The maximum absolute atomic E-state index is 12.8. The van der Waals surface area contributed by atoms with Crippen LogP contribution in [0.2, 0.25) is 10.0 Å². The van der Waals surface area contributed by atoms with Crippen molar-refractivity contribution in [3.05, 3.63) is 94.0 Å². The van der Waals surface area contributed by atoms with Crippen LogP contribution in [-0.4, -0.2) is 29.2 Å². The predicted molar refractivity (Wildman–Crippen MR) is 104 cm³/mol. The van der Waals surface area contributed by atoms with Crippen molar-refractivity contribution in [1.82, 2.24) is 15.3 Å². The predicted octanol–water partition coefficient (Wildman–Crippen LogP) is 5.27. The van der Waals surface area contributed by atoms with Gasteiger partial charge in [0.25, 0.3) is 0 Å². The van der Waals surface area contributed by atoms with Gasteiger partial charge in [-0.05, 0) is 41.0 Å². The van der Waals surface area contributed by atoms with E-state index >= 15 is 0 Å². The van der Waals surface area contributed by atoms with E-state index in [0.29, 0.717) is 26.7 Å². The second kappa shape index (κ2) is 8.47. The van der Waals surface area contributed by atoms with Crippen LogP contribution in [0.3, 0.4) is 0 Å². The van der Waals surface area contributed by atoms with Crippen molar-refractivity contribution < 1.29 is 13.2 Å². The highest BCUT2D eigenvalue weighted by atomic mass is 35.5. The number of rotatable bonds is 6. The fraction of sp³-hybridized carbons (Fsp3) is 0.200. The molecule has 3 nitrogen and oxygen atoms in total. The molecule has 0 saturated carbocycles. The first-order valence-electron chi connectivity index (χ1n) is 8.37. The maximum atomic E-state index is 12.8. The Bertz CT molecular complexity index is 879. The van der Waals surface area contributed by atoms with E-state index in [9.17, 15) is 13.2 Å². The van der Waals surface area contributed by atoms with Gasteiger partial charge in [-0.1, -0.05) is 41.4 Å². The molecule has 1 aromatic carbocycles. The molecule has 0 fully saturated rings. The first kappa shape index (κ1) is 20.6. The third-order valence-electron chi connectivity index (χ3n) is 4.44. The lowest BCUT2D eigenvalue weighted by Crippen LogP contribution is -2.43. The Hall–Kier alpha value is -2.15. The van der Waals surface area contributed by atoms with E-state index in [4.69, 9.17) is 23.2 Å². The quantitative estimate of drug-likeness (QED) is 0.584. The first-order chi connectivity index (χ1) is 13.3. The summed E-state index contributed by atoms with van der Waals surface area (Å²) in [5.41, 5.74) is 1.09. The minimum Gasteiger partial charge on any atom is -0.307 e. The molecule has 0 spiro atoms. The first-order valence-corrected chi connectivity index (χ1v) is 9.12. The second-order valence-corrected chi connectivity index (χ2v) is 7.05. The molecule has 0 atom stereocenters. The molecule has 8 heteroatoms. The normalized spacial score (nSPS) is 12.2. The van der Waals surface area contributed by atoms with E-state index in [1.54, 1.807) is 55.1 Å². The number of hydrogen-bond donors (Lipinski definition) is 1. The number of aromatic nitrogens is 2. The summed E-state index contributed by atoms with van der Waals surface area (Å²) in [6.45, 7) is -1.17.